The van der Waals surface area contributed by atoms with E-state index < -0.39 is 32.1 Å². The van der Waals surface area contributed by atoms with Crippen LogP contribution < -0.4 is 5.73 Å². The Bertz CT molecular complexity index is 549. The fourth-order valence-electron chi connectivity index (χ4n) is 1.74. The van der Waals surface area contributed by atoms with E-state index in [0.29, 0.717) is 6.07 Å². The van der Waals surface area contributed by atoms with Crippen LogP contribution >= 0.6 is 0 Å². The van der Waals surface area contributed by atoms with Gasteiger partial charge in [-0.3, -0.25) is 0 Å². The van der Waals surface area contributed by atoms with Crippen molar-refractivity contribution >= 4 is 10.0 Å². The molecular weight excluding hydrogens is 250 g/mol. The van der Waals surface area contributed by atoms with Crippen molar-refractivity contribution in [3.8, 4) is 0 Å². The number of nitrogens with zero attached hydrogens (tertiary/aromatic N) is 1. The molecule has 0 bridgehead atoms. The molecule has 0 unspecified atom stereocenters. The minimum atomic E-state index is -3.99. The molecule has 1 aliphatic heterocycles. The van der Waals surface area contributed by atoms with Crippen LogP contribution in [-0.2, 0) is 10.0 Å². The molecular formula is C10H12F2N2O2S. The van der Waals surface area contributed by atoms with Gasteiger partial charge in [0.25, 0.3) is 0 Å². The maximum absolute atomic E-state index is 13.4. The molecule has 4 nitrogen and oxygen atoms in total. The molecule has 7 heteroatoms. The first kappa shape index (κ1) is 12.4. The Balaban J connectivity index is 2.36. The number of nitrogens with two attached hydrogens (primary N) is 1. The molecule has 1 fully saturated rings. The van der Waals surface area contributed by atoms with E-state index in [-0.39, 0.29) is 13.1 Å². The smallest absolute Gasteiger partial charge is 0.246 e. The van der Waals surface area contributed by atoms with Crippen LogP contribution in [0.5, 0.6) is 0 Å². The van der Waals surface area contributed by atoms with Crippen molar-refractivity contribution in [3.63, 3.8) is 0 Å². The molecule has 17 heavy (non-hydrogen) atoms. The fraction of sp³-hybridized carbons (Fsp3) is 0.400. The van der Waals surface area contributed by atoms with Crippen LogP contribution in [-0.4, -0.2) is 31.4 Å². The monoisotopic (exact) mass is 262 g/mol. The molecule has 1 aromatic carbocycles. The highest BCUT2D eigenvalue weighted by atomic mass is 32.2. The summed E-state index contributed by atoms with van der Waals surface area (Å²) in [5.74, 6) is -1.75. The van der Waals surface area contributed by atoms with Gasteiger partial charge in [0.15, 0.2) is 0 Å². The van der Waals surface area contributed by atoms with E-state index in [1.807, 2.05) is 0 Å². The van der Waals surface area contributed by atoms with Gasteiger partial charge in [-0.15, -0.1) is 0 Å². The SMILES string of the molecule is CC1(N)CN(S(=O)(=O)c2cc(F)ccc2F)C1. The van der Waals surface area contributed by atoms with E-state index in [1.165, 1.54) is 0 Å². The van der Waals surface area contributed by atoms with Crippen LogP contribution in [0.1, 0.15) is 6.92 Å². The summed E-state index contributed by atoms with van der Waals surface area (Å²) in [4.78, 5) is -0.645. The second kappa shape index (κ2) is 3.72. The molecule has 0 aliphatic carbocycles. The Labute approximate surface area is 98.1 Å². The number of sulfonamides is 1. The standard InChI is InChI=1S/C10H12F2N2O2S/c1-10(13)5-14(6-10)17(15,16)9-4-7(11)2-3-8(9)12/h2-4H,5-6,13H2,1H3. The van der Waals surface area contributed by atoms with Crippen molar-refractivity contribution in [2.24, 2.45) is 5.73 Å². The number of rotatable bonds is 2. The van der Waals surface area contributed by atoms with E-state index in [2.05, 4.69) is 0 Å². The second-order valence-electron chi connectivity index (χ2n) is 4.50. The highest BCUT2D eigenvalue weighted by Crippen LogP contribution is 2.27. The third-order valence-corrected chi connectivity index (χ3v) is 4.39. The summed E-state index contributed by atoms with van der Waals surface area (Å²) < 4.78 is 51.2. The first-order chi connectivity index (χ1) is 7.72. The van der Waals surface area contributed by atoms with Crippen molar-refractivity contribution < 1.29 is 17.2 Å². The first-order valence-electron chi connectivity index (χ1n) is 4.96. The van der Waals surface area contributed by atoms with Crippen LogP contribution in [0.15, 0.2) is 23.1 Å². The van der Waals surface area contributed by atoms with E-state index in [0.717, 1.165) is 16.4 Å². The zero-order valence-electron chi connectivity index (χ0n) is 9.15. The minimum Gasteiger partial charge on any atom is -0.323 e. The molecule has 1 saturated heterocycles. The second-order valence-corrected chi connectivity index (χ2v) is 6.41. The zero-order chi connectivity index (χ0) is 12.8. The van der Waals surface area contributed by atoms with Gasteiger partial charge in [-0.1, -0.05) is 0 Å². The van der Waals surface area contributed by atoms with Gasteiger partial charge in [-0.25, -0.2) is 17.2 Å². The molecule has 94 valence electrons. The van der Waals surface area contributed by atoms with Crippen molar-refractivity contribution in [1.82, 2.24) is 4.31 Å². The quantitative estimate of drug-likeness (QED) is 0.852. The summed E-state index contributed by atoms with van der Waals surface area (Å²) in [5.41, 5.74) is 5.08. The van der Waals surface area contributed by atoms with Crippen molar-refractivity contribution in [2.75, 3.05) is 13.1 Å². The summed E-state index contributed by atoms with van der Waals surface area (Å²) in [5, 5.41) is 0. The van der Waals surface area contributed by atoms with Crippen LogP contribution in [0, 0.1) is 11.6 Å². The van der Waals surface area contributed by atoms with Gasteiger partial charge in [0, 0.05) is 18.6 Å². The maximum Gasteiger partial charge on any atom is 0.246 e. The zero-order valence-corrected chi connectivity index (χ0v) is 9.97. The molecule has 0 radical (unpaired) electrons. The Morgan fingerprint density at radius 1 is 1.35 bits per heavy atom. The lowest BCUT2D eigenvalue weighted by atomic mass is 9.97. The van der Waals surface area contributed by atoms with Crippen LogP contribution in [0.4, 0.5) is 8.78 Å². The Morgan fingerprint density at radius 2 is 1.94 bits per heavy atom. The van der Waals surface area contributed by atoms with Gasteiger partial charge < -0.3 is 5.73 Å². The number of hydrogen-bond donors (Lipinski definition) is 1. The molecule has 0 spiro atoms. The van der Waals surface area contributed by atoms with Gasteiger partial charge >= 0.3 is 0 Å². The van der Waals surface area contributed by atoms with E-state index in [9.17, 15) is 17.2 Å². The lowest BCUT2D eigenvalue weighted by Crippen LogP contribution is -2.66. The first-order valence-corrected chi connectivity index (χ1v) is 6.40. The largest absolute Gasteiger partial charge is 0.323 e. The molecule has 0 amide bonds. The Kier molecular flexibility index (Phi) is 2.72. The Morgan fingerprint density at radius 3 is 2.47 bits per heavy atom. The molecule has 0 atom stereocenters. The number of halogens is 2. The summed E-state index contributed by atoms with van der Waals surface area (Å²) in [6.07, 6.45) is 0. The highest BCUT2D eigenvalue weighted by Gasteiger charge is 2.43. The average molecular weight is 262 g/mol. The van der Waals surface area contributed by atoms with Gasteiger partial charge in [0.1, 0.15) is 16.5 Å². The summed E-state index contributed by atoms with van der Waals surface area (Å²) in [7, 11) is -3.99. The number of benzene rings is 1. The van der Waals surface area contributed by atoms with E-state index in [1.54, 1.807) is 6.92 Å². The van der Waals surface area contributed by atoms with Gasteiger partial charge in [0.05, 0.1) is 0 Å². The highest BCUT2D eigenvalue weighted by molar-refractivity contribution is 7.89. The predicted molar refractivity (Wildman–Crippen MR) is 57.7 cm³/mol. The lowest BCUT2D eigenvalue weighted by Gasteiger charge is -2.44. The van der Waals surface area contributed by atoms with Gasteiger partial charge in [-0.2, -0.15) is 4.31 Å². The van der Waals surface area contributed by atoms with Crippen LogP contribution in [0.3, 0.4) is 0 Å². The molecule has 1 heterocycles. The fourth-order valence-corrected chi connectivity index (χ4v) is 3.53. The summed E-state index contributed by atoms with van der Waals surface area (Å²) in [6, 6.07) is 2.35. The van der Waals surface area contributed by atoms with Crippen LogP contribution in [0.25, 0.3) is 0 Å². The molecule has 2 rings (SSSR count). The van der Waals surface area contributed by atoms with Crippen molar-refractivity contribution in [3.05, 3.63) is 29.8 Å². The van der Waals surface area contributed by atoms with Crippen molar-refractivity contribution in [1.29, 1.82) is 0 Å². The third kappa shape index (κ3) is 2.18. The topological polar surface area (TPSA) is 63.4 Å². The average Bonchev–Trinajstić information content (AvgIpc) is 2.18. The molecule has 1 aromatic rings. The molecule has 0 aromatic heterocycles. The molecule has 2 N–H and O–H groups in total. The normalized spacial score (nSPS) is 20.0. The van der Waals surface area contributed by atoms with E-state index >= 15 is 0 Å². The minimum absolute atomic E-state index is 0.102. The van der Waals surface area contributed by atoms with E-state index in [4.69, 9.17) is 5.73 Å². The van der Waals surface area contributed by atoms with Gasteiger partial charge in [0.2, 0.25) is 10.0 Å². The maximum atomic E-state index is 13.4. The van der Waals surface area contributed by atoms with Gasteiger partial charge in [-0.05, 0) is 25.1 Å². The molecule has 1 aliphatic rings. The van der Waals surface area contributed by atoms with Crippen molar-refractivity contribution in [2.45, 2.75) is 17.4 Å². The van der Waals surface area contributed by atoms with Crippen LogP contribution in [0.2, 0.25) is 0 Å². The third-order valence-electron chi connectivity index (χ3n) is 2.59. The summed E-state index contributed by atoms with van der Waals surface area (Å²) >= 11 is 0. The molecule has 0 saturated carbocycles. The Hall–Kier alpha value is -1.05. The lowest BCUT2D eigenvalue weighted by molar-refractivity contribution is 0.176. The predicted octanol–water partition coefficient (Wildman–Crippen LogP) is 0.686. The summed E-state index contributed by atoms with van der Waals surface area (Å²) in [6.45, 7) is 1.90. The number of hydrogen-bond acceptors (Lipinski definition) is 3.